The van der Waals surface area contributed by atoms with Crippen LogP contribution in [0, 0.1) is 19.8 Å². The van der Waals surface area contributed by atoms with Crippen LogP contribution in [0.25, 0.3) is 10.8 Å². The first kappa shape index (κ1) is 20.6. The number of hydrogen-bond acceptors (Lipinski definition) is 3. The summed E-state index contributed by atoms with van der Waals surface area (Å²) in [7, 11) is 0. The van der Waals surface area contributed by atoms with E-state index >= 15 is 0 Å². The highest BCUT2D eigenvalue weighted by Gasteiger charge is 2.24. The molecule has 1 heterocycles. The Morgan fingerprint density at radius 2 is 1.72 bits per heavy atom. The molecule has 0 aliphatic heterocycles. The highest BCUT2D eigenvalue weighted by molar-refractivity contribution is 5.89. The first-order valence-corrected chi connectivity index (χ1v) is 9.94. The van der Waals surface area contributed by atoms with Gasteiger partial charge in [0.25, 0.3) is 0 Å². The highest BCUT2D eigenvalue weighted by atomic mass is 16.3. The number of hydrogen-bond donors (Lipinski definition) is 2. The third-order valence-electron chi connectivity index (χ3n) is 5.04. The van der Waals surface area contributed by atoms with Crippen LogP contribution in [0.15, 0.2) is 52.9 Å². The van der Waals surface area contributed by atoms with Crippen molar-refractivity contribution in [3.63, 3.8) is 0 Å². The van der Waals surface area contributed by atoms with Crippen LogP contribution in [0.1, 0.15) is 36.5 Å². The van der Waals surface area contributed by atoms with Gasteiger partial charge in [0.15, 0.2) is 0 Å². The molecule has 0 saturated carbocycles. The van der Waals surface area contributed by atoms with Gasteiger partial charge >= 0.3 is 0 Å². The lowest BCUT2D eigenvalue weighted by molar-refractivity contribution is -0.129. The molecule has 5 nitrogen and oxygen atoms in total. The average Bonchev–Trinajstić information content (AvgIpc) is 3.01. The molecule has 152 valence electrons. The van der Waals surface area contributed by atoms with E-state index in [9.17, 15) is 9.59 Å². The molecule has 0 aliphatic rings. The summed E-state index contributed by atoms with van der Waals surface area (Å²) in [6.45, 7) is 7.98. The summed E-state index contributed by atoms with van der Waals surface area (Å²) >= 11 is 0. The Balaban J connectivity index is 1.61. The van der Waals surface area contributed by atoms with Gasteiger partial charge < -0.3 is 15.1 Å². The molecule has 3 aromatic rings. The maximum Gasteiger partial charge on any atom is 0.243 e. The Labute approximate surface area is 171 Å². The standard InChI is InChI=1S/C24H28N2O3/c1-15(2)23(24(28)25-14-21-11-16(3)29-17(21)4)26-22(27)13-18-9-10-19-7-5-6-8-20(19)12-18/h5-12,15,23H,13-14H2,1-4H3,(H,25,28)(H,26,27). The fourth-order valence-electron chi connectivity index (χ4n) is 3.44. The van der Waals surface area contributed by atoms with E-state index in [4.69, 9.17) is 4.42 Å². The number of carbonyl (C=O) groups excluding carboxylic acids is 2. The molecule has 29 heavy (non-hydrogen) atoms. The zero-order valence-electron chi connectivity index (χ0n) is 17.4. The van der Waals surface area contributed by atoms with Gasteiger partial charge in [-0.05, 0) is 42.2 Å². The van der Waals surface area contributed by atoms with Crippen LogP contribution in [0.4, 0.5) is 0 Å². The van der Waals surface area contributed by atoms with E-state index in [0.717, 1.165) is 33.4 Å². The lowest BCUT2D eigenvalue weighted by Gasteiger charge is -2.22. The van der Waals surface area contributed by atoms with Gasteiger partial charge in [-0.15, -0.1) is 0 Å². The fraction of sp³-hybridized carbons (Fsp3) is 0.333. The van der Waals surface area contributed by atoms with Crippen LogP contribution in [0.3, 0.4) is 0 Å². The van der Waals surface area contributed by atoms with Gasteiger partial charge in [0.05, 0.1) is 6.42 Å². The van der Waals surface area contributed by atoms with Crippen molar-refractivity contribution >= 4 is 22.6 Å². The SMILES string of the molecule is Cc1cc(CNC(=O)C(NC(=O)Cc2ccc3ccccc3c2)C(C)C)c(C)o1. The van der Waals surface area contributed by atoms with Crippen molar-refractivity contribution in [1.82, 2.24) is 10.6 Å². The van der Waals surface area contributed by atoms with Gasteiger partial charge in [0.2, 0.25) is 11.8 Å². The predicted octanol–water partition coefficient (Wildman–Crippen LogP) is 4.05. The van der Waals surface area contributed by atoms with Gasteiger partial charge in [-0.25, -0.2) is 0 Å². The molecular formula is C24H28N2O3. The molecule has 0 bridgehead atoms. The summed E-state index contributed by atoms with van der Waals surface area (Å²) in [6, 6.07) is 15.4. The second-order valence-electron chi connectivity index (χ2n) is 7.80. The largest absolute Gasteiger partial charge is 0.466 e. The van der Waals surface area contributed by atoms with E-state index in [0.29, 0.717) is 6.54 Å². The van der Waals surface area contributed by atoms with Gasteiger partial charge in [-0.3, -0.25) is 9.59 Å². The predicted molar refractivity (Wildman–Crippen MR) is 114 cm³/mol. The van der Waals surface area contributed by atoms with Crippen LogP contribution in [0.5, 0.6) is 0 Å². The van der Waals surface area contributed by atoms with E-state index in [-0.39, 0.29) is 24.2 Å². The topological polar surface area (TPSA) is 71.3 Å². The second kappa shape index (κ2) is 8.95. The van der Waals surface area contributed by atoms with Crippen molar-refractivity contribution in [3.8, 4) is 0 Å². The van der Waals surface area contributed by atoms with E-state index in [2.05, 4.69) is 10.6 Å². The van der Waals surface area contributed by atoms with Crippen LogP contribution in [-0.4, -0.2) is 17.9 Å². The molecule has 5 heteroatoms. The van der Waals surface area contributed by atoms with Crippen molar-refractivity contribution in [2.24, 2.45) is 5.92 Å². The molecule has 0 radical (unpaired) electrons. The summed E-state index contributed by atoms with van der Waals surface area (Å²) < 4.78 is 5.50. The molecule has 3 rings (SSSR count). The van der Waals surface area contributed by atoms with E-state index in [1.54, 1.807) is 0 Å². The van der Waals surface area contributed by atoms with Crippen LogP contribution >= 0.6 is 0 Å². The molecule has 2 amide bonds. The van der Waals surface area contributed by atoms with E-state index in [1.807, 2.05) is 76.2 Å². The fourth-order valence-corrected chi connectivity index (χ4v) is 3.44. The molecule has 2 N–H and O–H groups in total. The van der Waals surface area contributed by atoms with Gasteiger partial charge in [0, 0.05) is 12.1 Å². The first-order chi connectivity index (χ1) is 13.8. The number of aryl methyl sites for hydroxylation is 2. The Kier molecular flexibility index (Phi) is 6.37. The van der Waals surface area contributed by atoms with Crippen LogP contribution in [0.2, 0.25) is 0 Å². The average molecular weight is 392 g/mol. The van der Waals surface area contributed by atoms with Gasteiger partial charge in [-0.1, -0.05) is 56.3 Å². The molecule has 0 fully saturated rings. The van der Waals surface area contributed by atoms with Crippen molar-refractivity contribution in [2.45, 2.75) is 46.7 Å². The zero-order valence-corrected chi connectivity index (χ0v) is 17.4. The molecule has 1 unspecified atom stereocenters. The van der Waals surface area contributed by atoms with Crippen LogP contribution in [-0.2, 0) is 22.6 Å². The van der Waals surface area contributed by atoms with Crippen LogP contribution < -0.4 is 10.6 Å². The molecule has 0 saturated heterocycles. The molecule has 0 spiro atoms. The summed E-state index contributed by atoms with van der Waals surface area (Å²) in [4.78, 5) is 25.3. The van der Waals surface area contributed by atoms with Crippen molar-refractivity contribution in [3.05, 3.63) is 71.2 Å². The molecular weight excluding hydrogens is 364 g/mol. The van der Waals surface area contributed by atoms with E-state index < -0.39 is 6.04 Å². The quantitative estimate of drug-likeness (QED) is 0.637. The smallest absolute Gasteiger partial charge is 0.243 e. The van der Waals surface area contributed by atoms with Crippen molar-refractivity contribution < 1.29 is 14.0 Å². The second-order valence-corrected chi connectivity index (χ2v) is 7.80. The Bertz CT molecular complexity index is 1020. The Morgan fingerprint density at radius 3 is 2.38 bits per heavy atom. The lowest BCUT2D eigenvalue weighted by atomic mass is 10.0. The summed E-state index contributed by atoms with van der Waals surface area (Å²) in [6.07, 6.45) is 0.237. The Hall–Kier alpha value is -3.08. The minimum atomic E-state index is -0.587. The summed E-state index contributed by atoms with van der Waals surface area (Å²) in [5, 5.41) is 8.05. The summed E-state index contributed by atoms with van der Waals surface area (Å²) in [5.41, 5.74) is 1.87. The van der Waals surface area contributed by atoms with E-state index in [1.165, 1.54) is 0 Å². The summed E-state index contributed by atoms with van der Waals surface area (Å²) in [5.74, 6) is 1.23. The third kappa shape index (κ3) is 5.25. The monoisotopic (exact) mass is 392 g/mol. The number of rotatable bonds is 7. The lowest BCUT2D eigenvalue weighted by Crippen LogP contribution is -2.49. The maximum atomic E-state index is 12.7. The number of amides is 2. The van der Waals surface area contributed by atoms with Gasteiger partial charge in [-0.2, -0.15) is 0 Å². The molecule has 1 aromatic heterocycles. The number of carbonyl (C=O) groups is 2. The first-order valence-electron chi connectivity index (χ1n) is 9.94. The number of furan rings is 1. The number of nitrogens with one attached hydrogen (secondary N) is 2. The number of benzene rings is 2. The molecule has 1 atom stereocenters. The van der Waals surface area contributed by atoms with Crippen molar-refractivity contribution in [2.75, 3.05) is 0 Å². The normalized spacial score (nSPS) is 12.2. The van der Waals surface area contributed by atoms with Crippen molar-refractivity contribution in [1.29, 1.82) is 0 Å². The highest BCUT2D eigenvalue weighted by Crippen LogP contribution is 2.16. The zero-order chi connectivity index (χ0) is 21.0. The minimum Gasteiger partial charge on any atom is -0.466 e. The molecule has 0 aliphatic carbocycles. The Morgan fingerprint density at radius 1 is 1.00 bits per heavy atom. The van der Waals surface area contributed by atoms with Gasteiger partial charge in [0.1, 0.15) is 17.6 Å². The minimum absolute atomic E-state index is 0.0252. The third-order valence-corrected chi connectivity index (χ3v) is 5.04. The number of fused-ring (bicyclic) bond motifs is 1. The molecule has 2 aromatic carbocycles. The maximum absolute atomic E-state index is 12.7.